The van der Waals surface area contributed by atoms with Gasteiger partial charge in [0.05, 0.1) is 11.8 Å². The first-order chi connectivity index (χ1) is 5.74. The van der Waals surface area contributed by atoms with Gasteiger partial charge < -0.3 is 11.1 Å². The number of hydrogen-bond acceptors (Lipinski definition) is 3. The highest BCUT2D eigenvalue weighted by molar-refractivity contribution is 5.93. The van der Waals surface area contributed by atoms with Gasteiger partial charge in [0.25, 0.3) is 5.91 Å². The number of rotatable bonds is 3. The molecule has 0 spiro atoms. The van der Waals surface area contributed by atoms with Crippen LogP contribution in [0.1, 0.15) is 17.3 Å². The summed E-state index contributed by atoms with van der Waals surface area (Å²) in [7, 11) is 0. The first kappa shape index (κ1) is 8.73. The van der Waals surface area contributed by atoms with Crippen LogP contribution < -0.4 is 11.1 Å². The number of carbonyl (C=O) groups excluding carboxylic acids is 1. The van der Waals surface area contributed by atoms with Crippen LogP contribution in [0.15, 0.2) is 12.4 Å². The summed E-state index contributed by atoms with van der Waals surface area (Å²) in [6, 6.07) is -0.00704. The van der Waals surface area contributed by atoms with Crippen molar-refractivity contribution in [2.45, 2.75) is 13.0 Å². The normalized spacial score (nSPS) is 12.5. The van der Waals surface area contributed by atoms with E-state index in [0.717, 1.165) is 0 Å². The maximum absolute atomic E-state index is 11.2. The molecule has 0 saturated carbocycles. The molecule has 66 valence electrons. The first-order valence-corrected chi connectivity index (χ1v) is 3.73. The van der Waals surface area contributed by atoms with E-state index < -0.39 is 0 Å². The van der Waals surface area contributed by atoms with Crippen molar-refractivity contribution >= 4 is 5.91 Å². The number of aromatic amines is 1. The summed E-state index contributed by atoms with van der Waals surface area (Å²) in [5, 5.41) is 8.93. The molecule has 0 aromatic carbocycles. The topological polar surface area (TPSA) is 83.8 Å². The SMILES string of the molecule is CC(CN)NC(=O)c1cn[nH]c1. The summed E-state index contributed by atoms with van der Waals surface area (Å²) < 4.78 is 0. The Morgan fingerprint density at radius 1 is 1.92 bits per heavy atom. The van der Waals surface area contributed by atoms with Crippen LogP contribution >= 0.6 is 0 Å². The van der Waals surface area contributed by atoms with Gasteiger partial charge in [-0.3, -0.25) is 9.89 Å². The van der Waals surface area contributed by atoms with Gasteiger partial charge in [0.15, 0.2) is 0 Å². The van der Waals surface area contributed by atoms with Crippen molar-refractivity contribution in [3.63, 3.8) is 0 Å². The number of H-pyrrole nitrogens is 1. The minimum atomic E-state index is -0.151. The van der Waals surface area contributed by atoms with Crippen molar-refractivity contribution in [3.05, 3.63) is 18.0 Å². The second kappa shape index (κ2) is 3.87. The molecule has 0 aliphatic rings. The van der Waals surface area contributed by atoms with Crippen molar-refractivity contribution in [2.75, 3.05) is 6.54 Å². The third kappa shape index (κ3) is 2.06. The third-order valence-electron chi connectivity index (χ3n) is 1.49. The lowest BCUT2D eigenvalue weighted by atomic mass is 10.3. The monoisotopic (exact) mass is 168 g/mol. The summed E-state index contributed by atoms with van der Waals surface area (Å²) in [5.74, 6) is -0.151. The van der Waals surface area contributed by atoms with Crippen LogP contribution in [-0.4, -0.2) is 28.7 Å². The lowest BCUT2D eigenvalue weighted by Crippen LogP contribution is -2.37. The van der Waals surface area contributed by atoms with Crippen LogP contribution in [0.2, 0.25) is 0 Å². The van der Waals surface area contributed by atoms with E-state index in [2.05, 4.69) is 15.5 Å². The van der Waals surface area contributed by atoms with Gasteiger partial charge in [0.1, 0.15) is 0 Å². The number of carbonyl (C=O) groups is 1. The van der Waals surface area contributed by atoms with Crippen LogP contribution in [0.4, 0.5) is 0 Å². The molecule has 0 aliphatic carbocycles. The minimum absolute atomic E-state index is 0.00704. The number of hydrogen-bond donors (Lipinski definition) is 3. The Balaban J connectivity index is 2.50. The molecule has 0 radical (unpaired) electrons. The quantitative estimate of drug-likeness (QED) is 0.568. The molecule has 5 heteroatoms. The lowest BCUT2D eigenvalue weighted by molar-refractivity contribution is 0.0941. The molecule has 0 bridgehead atoms. The molecule has 0 fully saturated rings. The predicted molar refractivity (Wildman–Crippen MR) is 44.6 cm³/mol. The van der Waals surface area contributed by atoms with E-state index in [1.165, 1.54) is 6.20 Å². The molecular weight excluding hydrogens is 156 g/mol. The van der Waals surface area contributed by atoms with E-state index in [-0.39, 0.29) is 11.9 Å². The van der Waals surface area contributed by atoms with Gasteiger partial charge in [-0.1, -0.05) is 0 Å². The van der Waals surface area contributed by atoms with Crippen molar-refractivity contribution in [2.24, 2.45) is 5.73 Å². The van der Waals surface area contributed by atoms with Crippen LogP contribution in [0.3, 0.4) is 0 Å². The number of nitrogens with two attached hydrogens (primary N) is 1. The van der Waals surface area contributed by atoms with Gasteiger partial charge in [0.2, 0.25) is 0 Å². The van der Waals surface area contributed by atoms with Crippen molar-refractivity contribution in [1.82, 2.24) is 15.5 Å². The summed E-state index contributed by atoms with van der Waals surface area (Å²) in [6.07, 6.45) is 3.01. The third-order valence-corrected chi connectivity index (χ3v) is 1.49. The second-order valence-electron chi connectivity index (χ2n) is 2.60. The molecule has 1 unspecified atom stereocenters. The van der Waals surface area contributed by atoms with Crippen LogP contribution in [0.5, 0.6) is 0 Å². The van der Waals surface area contributed by atoms with Crippen LogP contribution in [-0.2, 0) is 0 Å². The maximum atomic E-state index is 11.2. The molecular formula is C7H12N4O. The molecule has 5 nitrogen and oxygen atoms in total. The van der Waals surface area contributed by atoms with Gasteiger partial charge in [-0.25, -0.2) is 0 Å². The zero-order valence-electron chi connectivity index (χ0n) is 6.87. The van der Waals surface area contributed by atoms with E-state index in [1.807, 2.05) is 6.92 Å². The predicted octanol–water partition coefficient (Wildman–Crippen LogP) is -0.513. The molecule has 1 aromatic rings. The highest BCUT2D eigenvalue weighted by atomic mass is 16.1. The van der Waals surface area contributed by atoms with Gasteiger partial charge in [-0.15, -0.1) is 0 Å². The smallest absolute Gasteiger partial charge is 0.254 e. The van der Waals surface area contributed by atoms with Crippen LogP contribution in [0, 0.1) is 0 Å². The average molecular weight is 168 g/mol. The Morgan fingerprint density at radius 3 is 3.17 bits per heavy atom. The molecule has 1 aromatic heterocycles. The van der Waals surface area contributed by atoms with Crippen molar-refractivity contribution in [1.29, 1.82) is 0 Å². The van der Waals surface area contributed by atoms with E-state index in [4.69, 9.17) is 5.73 Å². The maximum Gasteiger partial charge on any atom is 0.254 e. The van der Waals surface area contributed by atoms with E-state index in [9.17, 15) is 4.79 Å². The zero-order chi connectivity index (χ0) is 8.97. The zero-order valence-corrected chi connectivity index (χ0v) is 6.87. The van der Waals surface area contributed by atoms with Gasteiger partial charge in [-0.2, -0.15) is 5.10 Å². The second-order valence-corrected chi connectivity index (χ2v) is 2.60. The molecule has 12 heavy (non-hydrogen) atoms. The highest BCUT2D eigenvalue weighted by Gasteiger charge is 2.08. The number of amides is 1. The molecule has 4 N–H and O–H groups in total. The Kier molecular flexibility index (Phi) is 2.82. The number of nitrogens with zero attached hydrogens (tertiary/aromatic N) is 1. The fourth-order valence-electron chi connectivity index (χ4n) is 0.741. The summed E-state index contributed by atoms with van der Waals surface area (Å²) in [4.78, 5) is 11.2. The molecule has 1 rings (SSSR count). The Bertz CT molecular complexity index is 244. The summed E-state index contributed by atoms with van der Waals surface area (Å²) in [5.41, 5.74) is 5.86. The Labute approximate surface area is 70.3 Å². The lowest BCUT2D eigenvalue weighted by Gasteiger charge is -2.09. The average Bonchev–Trinajstić information content (AvgIpc) is 2.56. The molecule has 0 aliphatic heterocycles. The van der Waals surface area contributed by atoms with E-state index in [1.54, 1.807) is 6.20 Å². The number of aromatic nitrogens is 2. The fourth-order valence-corrected chi connectivity index (χ4v) is 0.741. The Morgan fingerprint density at radius 2 is 2.67 bits per heavy atom. The van der Waals surface area contributed by atoms with Crippen LogP contribution in [0.25, 0.3) is 0 Å². The molecule has 1 amide bonds. The van der Waals surface area contributed by atoms with E-state index in [0.29, 0.717) is 12.1 Å². The van der Waals surface area contributed by atoms with Gasteiger partial charge >= 0.3 is 0 Å². The Hall–Kier alpha value is -1.36. The van der Waals surface area contributed by atoms with Gasteiger partial charge in [0, 0.05) is 18.8 Å². The van der Waals surface area contributed by atoms with Crippen molar-refractivity contribution in [3.8, 4) is 0 Å². The molecule has 0 saturated heterocycles. The largest absolute Gasteiger partial charge is 0.348 e. The van der Waals surface area contributed by atoms with Gasteiger partial charge in [-0.05, 0) is 6.92 Å². The van der Waals surface area contributed by atoms with E-state index >= 15 is 0 Å². The highest BCUT2D eigenvalue weighted by Crippen LogP contribution is 1.93. The number of nitrogens with one attached hydrogen (secondary N) is 2. The fraction of sp³-hybridized carbons (Fsp3) is 0.429. The molecule has 1 atom stereocenters. The standard InChI is InChI=1S/C7H12N4O/c1-5(2-8)11-7(12)6-3-9-10-4-6/h3-5H,2,8H2,1H3,(H,9,10)(H,11,12). The summed E-state index contributed by atoms with van der Waals surface area (Å²) >= 11 is 0. The minimum Gasteiger partial charge on any atom is -0.348 e. The summed E-state index contributed by atoms with van der Waals surface area (Å²) in [6.45, 7) is 2.28. The molecule has 1 heterocycles. The first-order valence-electron chi connectivity index (χ1n) is 3.73. The van der Waals surface area contributed by atoms with Crippen molar-refractivity contribution < 1.29 is 4.79 Å².